The van der Waals surface area contributed by atoms with Gasteiger partial charge in [-0.1, -0.05) is 30.3 Å². The predicted octanol–water partition coefficient (Wildman–Crippen LogP) is 0.688. The van der Waals surface area contributed by atoms with Crippen molar-refractivity contribution in [3.63, 3.8) is 0 Å². The minimum atomic E-state index is -1.62. The first kappa shape index (κ1) is 49.8. The van der Waals surface area contributed by atoms with E-state index in [1.54, 1.807) is 42.5 Å². The molecule has 0 spiro atoms. The number of unbranched alkanes of at least 4 members (excludes halogenated alkanes) is 1. The van der Waals surface area contributed by atoms with Crippen molar-refractivity contribution in [3.8, 4) is 0 Å². The van der Waals surface area contributed by atoms with Gasteiger partial charge in [-0.15, -0.1) is 0 Å². The summed E-state index contributed by atoms with van der Waals surface area (Å²) in [6, 6.07) is 6.04. The van der Waals surface area contributed by atoms with Crippen LogP contribution in [-0.2, 0) is 44.8 Å². The Kier molecular flexibility index (Phi) is 21.5. The van der Waals surface area contributed by atoms with Crippen LogP contribution in [-0.4, -0.2) is 122 Å². The number of urea groups is 1. The number of carboxylic acids is 5. The van der Waals surface area contributed by atoms with Gasteiger partial charge in [0.1, 0.15) is 30.2 Å². The molecule has 326 valence electrons. The Bertz CT molecular complexity index is 1850. The third-order valence-electron chi connectivity index (χ3n) is 8.64. The molecule has 0 aromatic heterocycles. The molecule has 0 aliphatic rings. The normalized spacial score (nSPS) is 13.2. The molecule has 11 N–H and O–H groups in total. The number of aliphatic carboxylic acids is 5. The molecule has 0 saturated carbocycles. The van der Waals surface area contributed by atoms with Crippen LogP contribution in [0.25, 0.3) is 0 Å². The lowest BCUT2D eigenvalue weighted by atomic mass is 10.0. The maximum atomic E-state index is 13.8. The average molecular weight is 955 g/mol. The molecule has 6 amide bonds. The van der Waals surface area contributed by atoms with Gasteiger partial charge in [0, 0.05) is 41.4 Å². The lowest BCUT2D eigenvalue weighted by molar-refractivity contribution is -0.143. The van der Waals surface area contributed by atoms with Crippen molar-refractivity contribution in [2.75, 3.05) is 6.54 Å². The summed E-state index contributed by atoms with van der Waals surface area (Å²) in [6.45, 7) is -0.0416. The molecule has 2 rings (SSSR count). The van der Waals surface area contributed by atoms with E-state index in [9.17, 15) is 68.4 Å². The summed E-state index contributed by atoms with van der Waals surface area (Å²) in [5.41, 5.74) is 0.681. The van der Waals surface area contributed by atoms with Crippen molar-refractivity contribution < 1.29 is 73.5 Å². The number of rotatable bonds is 27. The Balaban J connectivity index is 2.19. The molecule has 60 heavy (non-hydrogen) atoms. The van der Waals surface area contributed by atoms with Crippen molar-refractivity contribution in [1.82, 2.24) is 31.9 Å². The molecule has 0 fully saturated rings. The Hall–Kier alpha value is -6.33. The zero-order chi connectivity index (χ0) is 44.8. The summed E-state index contributed by atoms with van der Waals surface area (Å²) >= 11 is 2.02. The number of hydrogen-bond donors (Lipinski definition) is 11. The molecule has 0 heterocycles. The number of carboxylic acid groups (broad SMARTS) is 5. The van der Waals surface area contributed by atoms with Gasteiger partial charge in [0.2, 0.25) is 17.7 Å². The lowest BCUT2D eigenvalue weighted by Crippen LogP contribution is -2.58. The number of halogens is 1. The minimum Gasteiger partial charge on any atom is -0.481 e. The summed E-state index contributed by atoms with van der Waals surface area (Å²) < 4.78 is 0.814. The highest BCUT2D eigenvalue weighted by atomic mass is 127. The van der Waals surface area contributed by atoms with Gasteiger partial charge in [-0.2, -0.15) is 0 Å². The molecule has 21 nitrogen and oxygen atoms in total. The van der Waals surface area contributed by atoms with E-state index in [2.05, 4.69) is 31.9 Å². The first-order chi connectivity index (χ1) is 28.4. The molecule has 22 heteroatoms. The third kappa shape index (κ3) is 19.4. The van der Waals surface area contributed by atoms with Gasteiger partial charge in [-0.25, -0.2) is 14.4 Å². The van der Waals surface area contributed by atoms with Crippen LogP contribution in [0.15, 0.2) is 54.6 Å². The van der Waals surface area contributed by atoms with Crippen molar-refractivity contribution in [2.45, 2.75) is 94.4 Å². The number of amides is 6. The number of nitrogens with one attached hydrogen (secondary N) is 6. The molecule has 0 radical (unpaired) electrons. The SMILES string of the molecule is O=C(O)CC[C@H](NC(=O)NCCCC[C@H](NC(=O)[C@H](Cc1ccccc1)NC(=O)[C@H](CCC(=O)O)NC(=O)[C@H](CCC(=O)O)NC(=O)c1ccc(I)cc1)C(=O)O)C(=O)O. The van der Waals surface area contributed by atoms with Crippen molar-refractivity contribution >= 4 is 82.1 Å². The molecule has 0 bridgehead atoms. The monoisotopic (exact) mass is 954 g/mol. The second kappa shape index (κ2) is 25.9. The van der Waals surface area contributed by atoms with Crippen LogP contribution in [0.2, 0.25) is 0 Å². The summed E-state index contributed by atoms with van der Waals surface area (Å²) in [6.07, 6.45) is -2.98. The smallest absolute Gasteiger partial charge is 0.326 e. The van der Waals surface area contributed by atoms with E-state index in [0.717, 1.165) is 3.57 Å². The van der Waals surface area contributed by atoms with E-state index < -0.39 is 122 Å². The maximum Gasteiger partial charge on any atom is 0.326 e. The average Bonchev–Trinajstić information content (AvgIpc) is 3.18. The van der Waals surface area contributed by atoms with E-state index in [0.29, 0.717) is 5.56 Å². The van der Waals surface area contributed by atoms with Gasteiger partial charge < -0.3 is 57.4 Å². The summed E-state index contributed by atoms with van der Waals surface area (Å²) in [5.74, 6) is -10.5. The Morgan fingerprint density at radius 2 is 0.950 bits per heavy atom. The van der Waals surface area contributed by atoms with E-state index in [1.165, 1.54) is 12.1 Å². The molecular formula is C38H47IN6O15. The first-order valence-corrected chi connectivity index (χ1v) is 19.6. The Morgan fingerprint density at radius 3 is 1.47 bits per heavy atom. The highest BCUT2D eigenvalue weighted by molar-refractivity contribution is 14.1. The number of carbonyl (C=O) groups is 10. The van der Waals surface area contributed by atoms with Gasteiger partial charge in [0.05, 0.1) is 0 Å². The fraction of sp³-hybridized carbons (Fsp3) is 0.421. The molecule has 0 unspecified atom stereocenters. The second-order valence-corrected chi connectivity index (χ2v) is 14.6. The zero-order valence-corrected chi connectivity index (χ0v) is 34.2. The largest absolute Gasteiger partial charge is 0.481 e. The maximum absolute atomic E-state index is 13.8. The predicted molar refractivity (Wildman–Crippen MR) is 216 cm³/mol. The highest BCUT2D eigenvalue weighted by Crippen LogP contribution is 2.11. The van der Waals surface area contributed by atoms with Crippen LogP contribution in [0.5, 0.6) is 0 Å². The Morgan fingerprint density at radius 1 is 0.500 bits per heavy atom. The fourth-order valence-electron chi connectivity index (χ4n) is 5.46. The van der Waals surface area contributed by atoms with E-state index in [-0.39, 0.29) is 44.2 Å². The topological polar surface area (TPSA) is 344 Å². The van der Waals surface area contributed by atoms with Crippen LogP contribution in [0, 0.1) is 3.57 Å². The fourth-order valence-corrected chi connectivity index (χ4v) is 5.82. The van der Waals surface area contributed by atoms with Crippen molar-refractivity contribution in [1.29, 1.82) is 0 Å². The van der Waals surface area contributed by atoms with Crippen LogP contribution in [0.3, 0.4) is 0 Å². The van der Waals surface area contributed by atoms with Gasteiger partial charge in [-0.3, -0.25) is 33.6 Å². The zero-order valence-electron chi connectivity index (χ0n) is 32.1. The van der Waals surface area contributed by atoms with Crippen molar-refractivity contribution in [2.24, 2.45) is 0 Å². The van der Waals surface area contributed by atoms with Crippen LogP contribution < -0.4 is 31.9 Å². The number of hydrogen-bond acceptors (Lipinski definition) is 10. The first-order valence-electron chi connectivity index (χ1n) is 18.5. The molecule has 0 aliphatic heterocycles. The second-order valence-electron chi connectivity index (χ2n) is 13.3. The highest BCUT2D eigenvalue weighted by Gasteiger charge is 2.32. The van der Waals surface area contributed by atoms with Gasteiger partial charge in [0.15, 0.2) is 0 Å². The molecule has 0 saturated heterocycles. The van der Waals surface area contributed by atoms with Crippen LogP contribution >= 0.6 is 22.6 Å². The van der Waals surface area contributed by atoms with Crippen LogP contribution in [0.1, 0.15) is 73.7 Å². The van der Waals surface area contributed by atoms with Gasteiger partial charge in [0.25, 0.3) is 5.91 Å². The quantitative estimate of drug-likeness (QED) is 0.0434. The molecule has 2 aromatic rings. The summed E-state index contributed by atoms with van der Waals surface area (Å²) in [5, 5.41) is 60.7. The Labute approximate surface area is 356 Å². The molecular weight excluding hydrogens is 907 g/mol. The number of benzene rings is 2. The van der Waals surface area contributed by atoms with E-state index in [1.807, 2.05) is 22.6 Å². The summed E-state index contributed by atoms with van der Waals surface area (Å²) in [7, 11) is 0. The van der Waals surface area contributed by atoms with E-state index >= 15 is 0 Å². The third-order valence-corrected chi connectivity index (χ3v) is 9.36. The van der Waals surface area contributed by atoms with Crippen LogP contribution in [0.4, 0.5) is 4.79 Å². The minimum absolute atomic E-state index is 0.0416. The molecule has 2 aromatic carbocycles. The molecule has 0 aliphatic carbocycles. The van der Waals surface area contributed by atoms with E-state index in [4.69, 9.17) is 5.11 Å². The van der Waals surface area contributed by atoms with Gasteiger partial charge in [-0.05, 0) is 90.9 Å². The summed E-state index contributed by atoms with van der Waals surface area (Å²) in [4.78, 5) is 123. The lowest BCUT2D eigenvalue weighted by Gasteiger charge is -2.26. The van der Waals surface area contributed by atoms with Gasteiger partial charge >= 0.3 is 35.9 Å². The standard InChI is InChI=1S/C38H47IN6O15/c39-23-11-9-22(10-12-23)32(52)41-24(13-16-29(46)47)33(53)42-25(14-17-30(48)49)34(54)44-28(20-21-6-2-1-3-7-21)35(55)43-26(36(56)57)8-4-5-19-40-38(60)45-27(37(58)59)15-18-31(50)51/h1-3,6-7,9-12,24-28H,4-5,8,13-20H2,(H,41,52)(H,42,53)(H,43,55)(H,44,54)(H,46,47)(H,48,49)(H,50,51)(H,56,57)(H,58,59)(H2,40,45,60)/t24-,25-,26-,27-,28-/m0/s1. The van der Waals surface area contributed by atoms with Crippen molar-refractivity contribution in [3.05, 3.63) is 69.3 Å². The number of carbonyl (C=O) groups excluding carboxylic acids is 5. The molecule has 5 atom stereocenters.